The Balaban J connectivity index is 1.75. The van der Waals surface area contributed by atoms with E-state index in [-0.39, 0.29) is 0 Å². The number of rotatable bonds is 8. The highest BCUT2D eigenvalue weighted by Crippen LogP contribution is 2.23. The highest BCUT2D eigenvalue weighted by molar-refractivity contribution is 5.29. The van der Waals surface area contributed by atoms with Crippen LogP contribution in [0.25, 0.3) is 0 Å². The Hall–Kier alpha value is -1.03. The molecule has 1 fully saturated rings. The number of aryl methyl sites for hydroxylation is 1. The third-order valence-corrected chi connectivity index (χ3v) is 3.39. The van der Waals surface area contributed by atoms with Crippen molar-refractivity contribution in [2.24, 2.45) is 0 Å². The average Bonchev–Trinajstić information content (AvgIpc) is 3.05. The maximum Gasteiger partial charge on any atom is 0.202 e. The summed E-state index contributed by atoms with van der Waals surface area (Å²) >= 11 is 0. The van der Waals surface area contributed by atoms with Gasteiger partial charge in [-0.3, -0.25) is 0 Å². The Labute approximate surface area is 104 Å². The van der Waals surface area contributed by atoms with Crippen LogP contribution in [0.15, 0.2) is 12.4 Å². The predicted molar refractivity (Wildman–Crippen MR) is 71.3 cm³/mol. The molecule has 0 saturated heterocycles. The second-order valence-corrected chi connectivity index (χ2v) is 4.74. The molecule has 0 aromatic carbocycles. The van der Waals surface area contributed by atoms with Crippen LogP contribution in [0.5, 0.6) is 0 Å². The van der Waals surface area contributed by atoms with Crippen LogP contribution in [0, 0.1) is 0 Å². The normalized spacial score (nSPS) is 15.5. The molecule has 0 amide bonds. The topological polar surface area (TPSA) is 33.1 Å². The minimum Gasteiger partial charge on any atom is -0.353 e. The van der Waals surface area contributed by atoms with Crippen molar-refractivity contribution in [2.75, 3.05) is 25.0 Å². The zero-order valence-electron chi connectivity index (χ0n) is 11.0. The van der Waals surface area contributed by atoms with Gasteiger partial charge in [-0.2, -0.15) is 0 Å². The van der Waals surface area contributed by atoms with E-state index < -0.39 is 0 Å². The number of aromatic nitrogens is 2. The van der Waals surface area contributed by atoms with Crippen LogP contribution in [0.2, 0.25) is 0 Å². The average molecular weight is 236 g/mol. The molecule has 1 aliphatic carbocycles. The summed E-state index contributed by atoms with van der Waals surface area (Å²) in [5.74, 6) is 1.05. The first-order valence-electron chi connectivity index (χ1n) is 6.83. The summed E-state index contributed by atoms with van der Waals surface area (Å²) < 4.78 is 2.24. The summed E-state index contributed by atoms with van der Waals surface area (Å²) in [6.45, 7) is 8.97. The molecule has 1 N–H and O–H groups in total. The van der Waals surface area contributed by atoms with Gasteiger partial charge in [-0.1, -0.05) is 13.8 Å². The molecule has 1 saturated carbocycles. The van der Waals surface area contributed by atoms with Gasteiger partial charge in [0.15, 0.2) is 0 Å². The number of anilines is 1. The van der Waals surface area contributed by atoms with Crippen molar-refractivity contribution < 1.29 is 0 Å². The van der Waals surface area contributed by atoms with Gasteiger partial charge < -0.3 is 14.8 Å². The maximum atomic E-state index is 4.37. The Bertz CT molecular complexity index is 326. The predicted octanol–water partition coefficient (Wildman–Crippen LogP) is 2.19. The molecule has 0 atom stereocenters. The fourth-order valence-corrected chi connectivity index (χ4v) is 2.04. The molecule has 1 aromatic rings. The van der Waals surface area contributed by atoms with Gasteiger partial charge >= 0.3 is 0 Å². The minimum atomic E-state index is 0.680. The van der Waals surface area contributed by atoms with E-state index in [0.29, 0.717) is 6.04 Å². The summed E-state index contributed by atoms with van der Waals surface area (Å²) in [7, 11) is 0. The lowest BCUT2D eigenvalue weighted by Gasteiger charge is -2.18. The second kappa shape index (κ2) is 6.05. The van der Waals surface area contributed by atoms with Crippen molar-refractivity contribution in [1.29, 1.82) is 0 Å². The van der Waals surface area contributed by atoms with Crippen molar-refractivity contribution in [3.8, 4) is 0 Å². The first kappa shape index (κ1) is 12.4. The van der Waals surface area contributed by atoms with Crippen LogP contribution >= 0.6 is 0 Å². The van der Waals surface area contributed by atoms with E-state index in [9.17, 15) is 0 Å². The lowest BCUT2D eigenvalue weighted by molar-refractivity contribution is 0.293. The van der Waals surface area contributed by atoms with Gasteiger partial charge in [-0.05, 0) is 38.9 Å². The molecule has 2 rings (SSSR count). The summed E-state index contributed by atoms with van der Waals surface area (Å²) in [5.41, 5.74) is 0. The van der Waals surface area contributed by atoms with Gasteiger partial charge in [0.2, 0.25) is 5.95 Å². The molecule has 0 aliphatic heterocycles. The minimum absolute atomic E-state index is 0.680. The fraction of sp³-hybridized carbons (Fsp3) is 0.769. The van der Waals surface area contributed by atoms with E-state index in [1.165, 1.54) is 25.8 Å². The van der Waals surface area contributed by atoms with Gasteiger partial charge in [0, 0.05) is 25.0 Å². The van der Waals surface area contributed by atoms with Gasteiger partial charge in [0.25, 0.3) is 0 Å². The molecule has 4 heteroatoms. The lowest BCUT2D eigenvalue weighted by Crippen LogP contribution is -2.25. The monoisotopic (exact) mass is 236 g/mol. The van der Waals surface area contributed by atoms with E-state index in [2.05, 4.69) is 39.8 Å². The van der Waals surface area contributed by atoms with Crippen LogP contribution in [0.1, 0.15) is 33.1 Å². The largest absolute Gasteiger partial charge is 0.353 e. The van der Waals surface area contributed by atoms with Crippen LogP contribution in [0.3, 0.4) is 0 Å². The molecule has 1 aliphatic rings. The van der Waals surface area contributed by atoms with E-state index in [1.54, 1.807) is 0 Å². The molecule has 4 nitrogen and oxygen atoms in total. The zero-order valence-corrected chi connectivity index (χ0v) is 11.0. The molecular weight excluding hydrogens is 212 g/mol. The van der Waals surface area contributed by atoms with Gasteiger partial charge in [-0.25, -0.2) is 4.98 Å². The Kier molecular flexibility index (Phi) is 4.42. The van der Waals surface area contributed by atoms with Crippen LogP contribution in [-0.2, 0) is 6.54 Å². The molecule has 0 unspecified atom stereocenters. The Morgan fingerprint density at radius 1 is 1.41 bits per heavy atom. The number of hydrogen-bond donors (Lipinski definition) is 1. The quantitative estimate of drug-likeness (QED) is 0.751. The van der Waals surface area contributed by atoms with Crippen molar-refractivity contribution in [2.45, 2.75) is 45.7 Å². The smallest absolute Gasteiger partial charge is 0.202 e. The fourth-order valence-electron chi connectivity index (χ4n) is 2.04. The second-order valence-electron chi connectivity index (χ2n) is 4.74. The Morgan fingerprint density at radius 3 is 2.82 bits per heavy atom. The highest BCUT2D eigenvalue weighted by Gasteiger charge is 2.22. The number of hydrogen-bond acceptors (Lipinski definition) is 3. The Morgan fingerprint density at radius 2 is 2.18 bits per heavy atom. The number of nitrogens with zero attached hydrogens (tertiary/aromatic N) is 3. The summed E-state index contributed by atoms with van der Waals surface area (Å²) in [5, 5.41) is 3.47. The maximum absolute atomic E-state index is 4.37. The molecule has 1 aromatic heterocycles. The lowest BCUT2D eigenvalue weighted by atomic mass is 10.3. The van der Waals surface area contributed by atoms with E-state index in [4.69, 9.17) is 0 Å². The summed E-state index contributed by atoms with van der Waals surface area (Å²) in [4.78, 5) is 6.84. The molecule has 0 radical (unpaired) electrons. The number of nitrogens with one attached hydrogen (secondary N) is 1. The highest BCUT2D eigenvalue weighted by atomic mass is 15.2. The van der Waals surface area contributed by atoms with E-state index >= 15 is 0 Å². The van der Waals surface area contributed by atoms with Gasteiger partial charge in [0.05, 0.1) is 0 Å². The molecule has 0 bridgehead atoms. The molecule has 1 heterocycles. The van der Waals surface area contributed by atoms with Crippen LogP contribution in [-0.4, -0.2) is 40.1 Å². The van der Waals surface area contributed by atoms with Gasteiger partial charge in [0.1, 0.15) is 0 Å². The van der Waals surface area contributed by atoms with Crippen LogP contribution in [0.4, 0.5) is 5.95 Å². The van der Waals surface area contributed by atoms with E-state index in [1.807, 2.05) is 6.20 Å². The van der Waals surface area contributed by atoms with Crippen molar-refractivity contribution in [3.05, 3.63) is 12.4 Å². The third kappa shape index (κ3) is 3.73. The number of imidazole rings is 1. The van der Waals surface area contributed by atoms with E-state index in [0.717, 1.165) is 25.6 Å². The van der Waals surface area contributed by atoms with Crippen molar-refractivity contribution in [3.63, 3.8) is 0 Å². The molecule has 0 spiro atoms. The standard InChI is InChI=1S/C13H24N4/c1-3-16(4-2)9-5-10-17-11-8-14-13(17)15-12-6-7-12/h8,11-12H,3-7,9-10H2,1-2H3,(H,14,15). The molecular formula is C13H24N4. The molecule has 17 heavy (non-hydrogen) atoms. The molecule has 96 valence electrons. The van der Waals surface area contributed by atoms with Crippen LogP contribution < -0.4 is 5.32 Å². The first-order chi connectivity index (χ1) is 8.33. The summed E-state index contributed by atoms with van der Waals surface area (Å²) in [6, 6.07) is 0.680. The zero-order chi connectivity index (χ0) is 12.1. The van der Waals surface area contributed by atoms with Gasteiger partial charge in [-0.15, -0.1) is 0 Å². The summed E-state index contributed by atoms with van der Waals surface area (Å²) in [6.07, 6.45) is 7.76. The van der Waals surface area contributed by atoms with Crippen molar-refractivity contribution in [1.82, 2.24) is 14.5 Å². The van der Waals surface area contributed by atoms with Crippen molar-refractivity contribution >= 4 is 5.95 Å². The SMILES string of the molecule is CCN(CC)CCCn1ccnc1NC1CC1. The third-order valence-electron chi connectivity index (χ3n) is 3.39. The first-order valence-corrected chi connectivity index (χ1v) is 6.83.